The highest BCUT2D eigenvalue weighted by Gasteiger charge is 2.18. The molecule has 6 nitrogen and oxygen atoms in total. The van der Waals surface area contributed by atoms with Gasteiger partial charge in [0.05, 0.1) is 33.4 Å². The lowest BCUT2D eigenvalue weighted by atomic mass is 9.93. The molecule has 0 saturated carbocycles. The Hall–Kier alpha value is -6.14. The van der Waals surface area contributed by atoms with Crippen LogP contribution in [0.4, 0.5) is 22.7 Å². The summed E-state index contributed by atoms with van der Waals surface area (Å²) in [6.45, 7) is 0. The molecule has 2 N–H and O–H groups in total. The van der Waals surface area contributed by atoms with E-state index in [9.17, 15) is 0 Å². The molecule has 0 radical (unpaired) electrons. The zero-order chi connectivity index (χ0) is 31.2. The number of rotatable bonds is 0. The van der Waals surface area contributed by atoms with Gasteiger partial charge < -0.3 is 10.6 Å². The fraction of sp³-hybridized carbons (Fsp3) is 0.0732. The average Bonchev–Trinajstić information content (AvgIpc) is 3.11. The molecular formula is C41H30N4O2. The molecule has 0 unspecified atom stereocenters. The van der Waals surface area contributed by atoms with Gasteiger partial charge >= 0.3 is 0 Å². The van der Waals surface area contributed by atoms with Crippen molar-refractivity contribution < 1.29 is 9.78 Å². The molecule has 0 amide bonds. The molecule has 47 heavy (non-hydrogen) atoms. The van der Waals surface area contributed by atoms with E-state index in [2.05, 4.69) is 95.6 Å². The summed E-state index contributed by atoms with van der Waals surface area (Å²) in [5.74, 6) is 1.14. The van der Waals surface area contributed by atoms with E-state index in [1.165, 1.54) is 21.9 Å². The molecule has 0 saturated heterocycles. The van der Waals surface area contributed by atoms with Gasteiger partial charge in [0.2, 0.25) is 11.5 Å². The van der Waals surface area contributed by atoms with Crippen LogP contribution in [0, 0.1) is 0 Å². The summed E-state index contributed by atoms with van der Waals surface area (Å²) >= 11 is 0. The van der Waals surface area contributed by atoms with Gasteiger partial charge in [0.25, 0.3) is 0 Å². The van der Waals surface area contributed by atoms with E-state index >= 15 is 0 Å². The zero-order valence-electron chi connectivity index (χ0n) is 25.5. The first kappa shape index (κ1) is 27.2. The van der Waals surface area contributed by atoms with Crippen LogP contribution in [0.1, 0.15) is 17.5 Å². The van der Waals surface area contributed by atoms with Crippen molar-refractivity contribution >= 4 is 66.4 Å². The van der Waals surface area contributed by atoms with Gasteiger partial charge in [-0.05, 0) is 91.1 Å². The van der Waals surface area contributed by atoms with Gasteiger partial charge in [0.15, 0.2) is 0 Å². The van der Waals surface area contributed by atoms with E-state index in [-0.39, 0.29) is 0 Å². The van der Waals surface area contributed by atoms with Crippen LogP contribution in [-0.2, 0) is 12.8 Å². The van der Waals surface area contributed by atoms with Crippen LogP contribution in [0.15, 0.2) is 133 Å². The number of para-hydroxylation sites is 6. The quantitative estimate of drug-likeness (QED) is 0.132. The third-order valence-electron chi connectivity index (χ3n) is 9.02. The lowest BCUT2D eigenvalue weighted by Crippen LogP contribution is -2.05. The van der Waals surface area contributed by atoms with E-state index in [1.807, 2.05) is 48.5 Å². The molecule has 0 spiro atoms. The van der Waals surface area contributed by atoms with Crippen molar-refractivity contribution in [1.82, 2.24) is 9.97 Å². The van der Waals surface area contributed by atoms with Crippen molar-refractivity contribution in [2.45, 2.75) is 19.3 Å². The maximum Gasteiger partial charge on any atom is 0.201 e. The van der Waals surface area contributed by atoms with Gasteiger partial charge in [0.1, 0.15) is 0 Å². The predicted molar refractivity (Wildman–Crippen MR) is 191 cm³/mol. The van der Waals surface area contributed by atoms with Crippen LogP contribution in [0.3, 0.4) is 0 Å². The SMILES string of the molecule is c1ccc2c(c1)Nc1cccc3nc4ccccc4c(c13)CCCc1c3ccccc3nc3cccc(c13)Nc1ccccc1OO2. The summed E-state index contributed by atoms with van der Waals surface area (Å²) in [5.41, 5.74) is 10.0. The first-order chi connectivity index (χ1) is 23.3. The number of benzene rings is 6. The molecule has 9 rings (SSSR count). The largest absolute Gasteiger partial charge is 0.352 e. The Morgan fingerprint density at radius 2 is 0.809 bits per heavy atom. The molecule has 0 bridgehead atoms. The van der Waals surface area contributed by atoms with E-state index in [0.29, 0.717) is 11.5 Å². The van der Waals surface area contributed by atoms with Gasteiger partial charge in [-0.25, -0.2) is 9.97 Å². The third-order valence-corrected chi connectivity index (χ3v) is 9.02. The number of fused-ring (bicyclic) bond motifs is 6. The minimum atomic E-state index is 0.571. The van der Waals surface area contributed by atoms with Crippen LogP contribution >= 0.6 is 0 Å². The Balaban J connectivity index is 1.29. The second-order valence-corrected chi connectivity index (χ2v) is 11.9. The summed E-state index contributed by atoms with van der Waals surface area (Å²) in [4.78, 5) is 22.3. The minimum absolute atomic E-state index is 0.571. The normalized spacial score (nSPS) is 13.1. The Morgan fingerprint density at radius 3 is 1.32 bits per heavy atom. The summed E-state index contributed by atoms with van der Waals surface area (Å²) in [7, 11) is 0. The molecule has 0 atom stereocenters. The minimum Gasteiger partial charge on any atom is -0.352 e. The van der Waals surface area contributed by atoms with Gasteiger partial charge in [-0.3, -0.25) is 9.78 Å². The first-order valence-corrected chi connectivity index (χ1v) is 16.0. The second-order valence-electron chi connectivity index (χ2n) is 11.9. The highest BCUT2D eigenvalue weighted by Crippen LogP contribution is 2.39. The molecule has 8 aromatic rings. The lowest BCUT2D eigenvalue weighted by Gasteiger charge is -2.17. The van der Waals surface area contributed by atoms with E-state index in [4.69, 9.17) is 19.7 Å². The van der Waals surface area contributed by atoms with Gasteiger partial charge in [-0.1, -0.05) is 72.8 Å². The van der Waals surface area contributed by atoms with E-state index in [1.54, 1.807) is 0 Å². The summed E-state index contributed by atoms with van der Waals surface area (Å²) < 4.78 is 0. The molecule has 6 heteroatoms. The monoisotopic (exact) mass is 610 g/mol. The Morgan fingerprint density at radius 1 is 0.404 bits per heavy atom. The van der Waals surface area contributed by atoms with Crippen LogP contribution < -0.4 is 20.4 Å². The van der Waals surface area contributed by atoms with Crippen molar-refractivity contribution in [2.24, 2.45) is 0 Å². The fourth-order valence-corrected chi connectivity index (χ4v) is 6.92. The average molecular weight is 611 g/mol. The number of nitrogens with one attached hydrogen (secondary N) is 2. The van der Waals surface area contributed by atoms with Crippen molar-refractivity contribution in [3.8, 4) is 11.5 Å². The number of nitrogens with zero attached hydrogens (tertiary/aromatic N) is 2. The van der Waals surface area contributed by atoms with Crippen molar-refractivity contribution in [2.75, 3.05) is 10.6 Å². The maximum atomic E-state index is 6.06. The maximum absolute atomic E-state index is 6.06. The molecule has 226 valence electrons. The highest BCUT2D eigenvalue weighted by atomic mass is 17.2. The molecular weight excluding hydrogens is 580 g/mol. The third kappa shape index (κ3) is 4.82. The molecule has 1 aliphatic heterocycles. The van der Waals surface area contributed by atoms with Gasteiger partial charge in [0, 0.05) is 32.9 Å². The van der Waals surface area contributed by atoms with Crippen molar-refractivity contribution in [3.63, 3.8) is 0 Å². The standard InChI is InChI=1S/C41H30N4O2/c1-3-16-30-26(12-1)28-14-9-15-29-27-13-2-4-17-31(27)43-35-21-11-23-37(41(29)35)45-33-19-6-8-25-39(33)47-46-38-24-7-5-18-32(38)44-36-22-10-20-34(42-30)40(28)36/h1-8,10-13,16-25,44-45H,9,14-15H2. The molecule has 0 aliphatic carbocycles. The van der Waals surface area contributed by atoms with Crippen molar-refractivity contribution in [3.05, 3.63) is 145 Å². The van der Waals surface area contributed by atoms with Crippen LogP contribution in [0.5, 0.6) is 11.5 Å². The summed E-state index contributed by atoms with van der Waals surface area (Å²) in [5, 5.41) is 11.9. The first-order valence-electron chi connectivity index (χ1n) is 16.0. The van der Waals surface area contributed by atoms with Crippen LogP contribution in [0.2, 0.25) is 0 Å². The Kier molecular flexibility index (Phi) is 6.56. The Bertz CT molecular complexity index is 2300. The number of hydrogen-bond donors (Lipinski definition) is 2. The number of aryl methyl sites for hydroxylation is 2. The fourth-order valence-electron chi connectivity index (χ4n) is 6.92. The number of hydrogen-bond acceptors (Lipinski definition) is 6. The summed E-state index contributed by atoms with van der Waals surface area (Å²) in [6, 6.07) is 45.1. The molecule has 2 aromatic heterocycles. The predicted octanol–water partition coefficient (Wildman–Crippen LogP) is 10.4. The molecule has 6 aromatic carbocycles. The van der Waals surface area contributed by atoms with Crippen LogP contribution in [0.25, 0.3) is 43.6 Å². The number of anilines is 4. The zero-order valence-corrected chi connectivity index (χ0v) is 25.5. The Labute approximate surface area is 271 Å². The molecule has 3 heterocycles. The smallest absolute Gasteiger partial charge is 0.201 e. The number of pyridine rings is 2. The topological polar surface area (TPSA) is 68.3 Å². The van der Waals surface area contributed by atoms with E-state index < -0.39 is 0 Å². The molecule has 1 aliphatic rings. The highest BCUT2D eigenvalue weighted by molar-refractivity contribution is 6.06. The van der Waals surface area contributed by atoms with Crippen LogP contribution in [-0.4, -0.2) is 9.97 Å². The van der Waals surface area contributed by atoms with Crippen molar-refractivity contribution in [1.29, 1.82) is 0 Å². The number of aromatic nitrogens is 2. The molecule has 0 fully saturated rings. The summed E-state index contributed by atoms with van der Waals surface area (Å²) in [6.07, 6.45) is 2.68. The lowest BCUT2D eigenvalue weighted by molar-refractivity contribution is -0.0984. The van der Waals surface area contributed by atoms with E-state index in [0.717, 1.165) is 74.9 Å². The van der Waals surface area contributed by atoms with Gasteiger partial charge in [-0.2, -0.15) is 0 Å². The second kappa shape index (κ2) is 11.3. The van der Waals surface area contributed by atoms with Gasteiger partial charge in [-0.15, -0.1) is 0 Å².